The molecule has 5 unspecified atom stereocenters. The number of ether oxygens (including phenoxy) is 3. The number of carbonyl (C=O) groups excluding carboxylic acids is 3. The molecule has 0 N–H and O–H groups in total. The highest BCUT2D eigenvalue weighted by Gasteiger charge is 2.72. The third kappa shape index (κ3) is 2.50. The Kier molecular flexibility index (Phi) is 4.10. The van der Waals surface area contributed by atoms with Gasteiger partial charge in [-0.25, -0.2) is 4.79 Å². The zero-order chi connectivity index (χ0) is 19.5. The molecule has 2 bridgehead atoms. The molecule has 3 fully saturated rings. The van der Waals surface area contributed by atoms with Crippen LogP contribution >= 0.6 is 0 Å². The minimum atomic E-state index is -1.44. The molecule has 2 saturated carbocycles. The molecule has 0 amide bonds. The van der Waals surface area contributed by atoms with E-state index in [-0.39, 0.29) is 11.8 Å². The van der Waals surface area contributed by atoms with Crippen LogP contribution in [0.25, 0.3) is 0 Å². The van der Waals surface area contributed by atoms with Crippen molar-refractivity contribution >= 4 is 17.9 Å². The van der Waals surface area contributed by atoms with Crippen molar-refractivity contribution < 1.29 is 28.6 Å². The quantitative estimate of drug-likeness (QED) is 0.544. The van der Waals surface area contributed by atoms with Crippen molar-refractivity contribution in [1.82, 2.24) is 0 Å². The van der Waals surface area contributed by atoms with E-state index in [1.54, 1.807) is 13.8 Å². The molecule has 1 heterocycles. The van der Waals surface area contributed by atoms with Gasteiger partial charge in [0, 0.05) is 11.8 Å². The van der Waals surface area contributed by atoms with E-state index < -0.39 is 46.5 Å². The molecule has 1 aliphatic heterocycles. The molecule has 142 valence electrons. The Hall–Kier alpha value is -2.10. The Morgan fingerprint density at radius 1 is 1.31 bits per heavy atom. The topological polar surface area (TPSA) is 103 Å². The van der Waals surface area contributed by atoms with Gasteiger partial charge in [0.05, 0.1) is 11.5 Å². The van der Waals surface area contributed by atoms with Crippen molar-refractivity contribution in [2.24, 2.45) is 22.7 Å². The predicted molar refractivity (Wildman–Crippen MR) is 88.3 cm³/mol. The summed E-state index contributed by atoms with van der Waals surface area (Å²) in [6.45, 7) is 8.37. The number of hydrogen-bond donors (Lipinski definition) is 0. The first-order valence-corrected chi connectivity index (χ1v) is 9.05. The van der Waals surface area contributed by atoms with Crippen molar-refractivity contribution in [3.63, 3.8) is 0 Å². The van der Waals surface area contributed by atoms with Gasteiger partial charge in [-0.05, 0) is 47.0 Å². The molecule has 0 spiro atoms. The van der Waals surface area contributed by atoms with Gasteiger partial charge in [0.1, 0.15) is 12.2 Å². The third-order valence-corrected chi connectivity index (χ3v) is 6.28. The lowest BCUT2D eigenvalue weighted by molar-refractivity contribution is -0.192. The molecule has 26 heavy (non-hydrogen) atoms. The van der Waals surface area contributed by atoms with Crippen molar-refractivity contribution in [2.45, 2.75) is 71.7 Å². The maximum absolute atomic E-state index is 12.6. The lowest BCUT2D eigenvalue weighted by Gasteiger charge is -2.32. The Balaban J connectivity index is 1.69. The summed E-state index contributed by atoms with van der Waals surface area (Å²) in [7, 11) is 0. The first-order valence-electron chi connectivity index (χ1n) is 9.05. The van der Waals surface area contributed by atoms with Gasteiger partial charge >= 0.3 is 17.9 Å². The molecule has 0 aromatic carbocycles. The highest BCUT2D eigenvalue weighted by Crippen LogP contribution is 2.62. The van der Waals surface area contributed by atoms with Gasteiger partial charge in [0.15, 0.2) is 5.41 Å². The highest BCUT2D eigenvalue weighted by atomic mass is 16.6. The third-order valence-electron chi connectivity index (χ3n) is 6.28. The summed E-state index contributed by atoms with van der Waals surface area (Å²) >= 11 is 0. The summed E-state index contributed by atoms with van der Waals surface area (Å²) in [6, 6.07) is 2.12. The lowest BCUT2D eigenvalue weighted by Crippen LogP contribution is -2.47. The summed E-state index contributed by atoms with van der Waals surface area (Å²) in [5.41, 5.74) is -3.22. The smallest absolute Gasteiger partial charge is 0.350 e. The molecule has 7 heteroatoms. The minimum absolute atomic E-state index is 0.0846. The van der Waals surface area contributed by atoms with Crippen molar-refractivity contribution in [2.75, 3.05) is 0 Å². The Morgan fingerprint density at radius 2 is 1.96 bits per heavy atom. The van der Waals surface area contributed by atoms with Crippen LogP contribution in [0, 0.1) is 34.0 Å². The van der Waals surface area contributed by atoms with Gasteiger partial charge in [-0.1, -0.05) is 6.92 Å². The van der Waals surface area contributed by atoms with Gasteiger partial charge in [-0.15, -0.1) is 0 Å². The van der Waals surface area contributed by atoms with Crippen LogP contribution in [0.1, 0.15) is 53.9 Å². The van der Waals surface area contributed by atoms with E-state index in [0.717, 1.165) is 0 Å². The normalized spacial score (nSPS) is 35.0. The SMILES string of the molecule is CCC(C)(C)C(=O)OC(C)(C)C(=O)OC1C2CC3C1OC(=O)C3(C#N)C2. The van der Waals surface area contributed by atoms with Crippen molar-refractivity contribution in [3.05, 3.63) is 0 Å². The molecule has 7 nitrogen and oxygen atoms in total. The van der Waals surface area contributed by atoms with Crippen LogP contribution in [0.15, 0.2) is 0 Å². The van der Waals surface area contributed by atoms with E-state index in [0.29, 0.717) is 19.3 Å². The van der Waals surface area contributed by atoms with Crippen LogP contribution < -0.4 is 0 Å². The van der Waals surface area contributed by atoms with Crippen LogP contribution in [-0.4, -0.2) is 35.7 Å². The highest BCUT2D eigenvalue weighted by molar-refractivity contribution is 5.86. The molecule has 0 aromatic heterocycles. The lowest BCUT2D eigenvalue weighted by atomic mass is 9.74. The molecule has 3 rings (SSSR count). The van der Waals surface area contributed by atoms with E-state index in [9.17, 15) is 19.6 Å². The average molecular weight is 363 g/mol. The maximum Gasteiger partial charge on any atom is 0.350 e. The second-order valence-corrected chi connectivity index (χ2v) is 8.77. The zero-order valence-electron chi connectivity index (χ0n) is 15.8. The van der Waals surface area contributed by atoms with Crippen LogP contribution in [0.2, 0.25) is 0 Å². The number of rotatable bonds is 5. The fourth-order valence-corrected chi connectivity index (χ4v) is 4.11. The summed E-state index contributed by atoms with van der Waals surface area (Å²) in [4.78, 5) is 37.1. The first-order chi connectivity index (χ1) is 12.0. The molecular weight excluding hydrogens is 338 g/mol. The zero-order valence-corrected chi connectivity index (χ0v) is 15.8. The number of fused-ring (bicyclic) bond motifs is 1. The fraction of sp³-hybridized carbons (Fsp3) is 0.789. The Labute approximate surface area is 153 Å². The minimum Gasteiger partial charge on any atom is -0.457 e. The fourth-order valence-electron chi connectivity index (χ4n) is 4.11. The number of nitrogens with zero attached hydrogens (tertiary/aromatic N) is 1. The van der Waals surface area contributed by atoms with E-state index in [1.807, 2.05) is 6.92 Å². The second kappa shape index (κ2) is 5.70. The van der Waals surface area contributed by atoms with Gasteiger partial charge in [0.2, 0.25) is 5.60 Å². The van der Waals surface area contributed by atoms with Gasteiger partial charge in [-0.2, -0.15) is 5.26 Å². The van der Waals surface area contributed by atoms with Crippen molar-refractivity contribution in [3.8, 4) is 6.07 Å². The van der Waals surface area contributed by atoms with E-state index in [2.05, 4.69) is 6.07 Å². The van der Waals surface area contributed by atoms with Gasteiger partial charge in [0.25, 0.3) is 0 Å². The van der Waals surface area contributed by atoms with E-state index in [1.165, 1.54) is 13.8 Å². The summed E-state index contributed by atoms with van der Waals surface area (Å²) in [5, 5.41) is 9.42. The van der Waals surface area contributed by atoms with Crippen LogP contribution in [0.4, 0.5) is 0 Å². The summed E-state index contributed by atoms with van der Waals surface area (Å²) in [5.74, 6) is -1.95. The van der Waals surface area contributed by atoms with E-state index >= 15 is 0 Å². The van der Waals surface area contributed by atoms with Crippen LogP contribution in [-0.2, 0) is 28.6 Å². The summed E-state index contributed by atoms with van der Waals surface area (Å²) < 4.78 is 16.4. The number of esters is 3. The molecule has 1 saturated heterocycles. The monoisotopic (exact) mass is 363 g/mol. The molecule has 0 radical (unpaired) electrons. The summed E-state index contributed by atoms with van der Waals surface area (Å²) in [6.07, 6.45) is 0.397. The van der Waals surface area contributed by atoms with Crippen LogP contribution in [0.3, 0.4) is 0 Å². The second-order valence-electron chi connectivity index (χ2n) is 8.77. The van der Waals surface area contributed by atoms with Crippen molar-refractivity contribution in [1.29, 1.82) is 5.26 Å². The Bertz CT molecular complexity index is 705. The molecular formula is C19H25NO6. The number of carbonyl (C=O) groups is 3. The molecule has 5 atom stereocenters. The molecule has 3 aliphatic rings. The van der Waals surface area contributed by atoms with Crippen LogP contribution in [0.5, 0.6) is 0 Å². The number of nitriles is 1. The standard InChI is InChI=1S/C19H25NO6/c1-6-17(2,3)14(21)26-18(4,5)15(22)24-12-10-7-11-13(12)25-16(23)19(11,8-10)9-20/h10-13H,6-8H2,1-5H3. The van der Waals surface area contributed by atoms with E-state index in [4.69, 9.17) is 14.2 Å². The number of hydrogen-bond acceptors (Lipinski definition) is 7. The Morgan fingerprint density at radius 3 is 2.54 bits per heavy atom. The predicted octanol–water partition coefficient (Wildman–Crippen LogP) is 2.13. The largest absolute Gasteiger partial charge is 0.457 e. The molecule has 2 aliphatic carbocycles. The average Bonchev–Trinajstić information content (AvgIpc) is 3.16. The van der Waals surface area contributed by atoms with Gasteiger partial charge in [-0.3, -0.25) is 9.59 Å². The first kappa shape index (κ1) is 18.7. The maximum atomic E-state index is 12.6. The van der Waals surface area contributed by atoms with Gasteiger partial charge < -0.3 is 14.2 Å². The molecule has 0 aromatic rings.